The number of carbonyl (C=O) groups is 2. The van der Waals surface area contributed by atoms with Crippen molar-refractivity contribution in [3.8, 4) is 22.6 Å². The molecular weight excluding hydrogens is 709 g/mol. The first-order chi connectivity index (χ1) is 27.1. The molecule has 0 radical (unpaired) electrons. The van der Waals surface area contributed by atoms with E-state index in [9.17, 15) is 19.8 Å². The van der Waals surface area contributed by atoms with Crippen LogP contribution in [0.2, 0.25) is 0 Å². The summed E-state index contributed by atoms with van der Waals surface area (Å²) in [6.07, 6.45) is 1.74. The van der Waals surface area contributed by atoms with Gasteiger partial charge in [0.2, 0.25) is 0 Å². The monoisotopic (exact) mass is 760 g/mol. The molecule has 0 amide bonds. The van der Waals surface area contributed by atoms with Crippen LogP contribution in [0.1, 0.15) is 34.2 Å². The highest BCUT2D eigenvalue weighted by molar-refractivity contribution is 5.69. The normalized spacial score (nSPS) is 12.4. The number of hydrogen-bond acceptors (Lipinski definition) is 8. The zero-order valence-electron chi connectivity index (χ0n) is 32.1. The van der Waals surface area contributed by atoms with E-state index in [1.54, 1.807) is 11.9 Å². The van der Waals surface area contributed by atoms with Crippen molar-refractivity contribution in [3.63, 3.8) is 0 Å². The molecular formula is C46H52N2O8. The van der Waals surface area contributed by atoms with E-state index in [1.807, 2.05) is 115 Å². The third-order valence-corrected chi connectivity index (χ3v) is 9.69. The largest absolute Gasteiger partial charge is 0.489 e. The molecule has 10 heteroatoms. The number of likely N-dealkylation sites (N-methyl/N-ethyl adjacent to an activating group) is 2. The Balaban J connectivity index is 1.14. The summed E-state index contributed by atoms with van der Waals surface area (Å²) in [5, 5.41) is 28.1. The van der Waals surface area contributed by atoms with Crippen molar-refractivity contribution in [1.29, 1.82) is 0 Å². The van der Waals surface area contributed by atoms with Crippen LogP contribution in [0.4, 0.5) is 0 Å². The Morgan fingerprint density at radius 3 is 1.54 bits per heavy atom. The second-order valence-electron chi connectivity index (χ2n) is 14.1. The maximum Gasteiger partial charge on any atom is 0.317 e. The van der Waals surface area contributed by atoms with Crippen molar-refractivity contribution >= 4 is 11.9 Å². The van der Waals surface area contributed by atoms with E-state index in [0.29, 0.717) is 45.7 Å². The van der Waals surface area contributed by atoms with Crippen molar-refractivity contribution in [2.24, 2.45) is 0 Å². The van der Waals surface area contributed by atoms with Gasteiger partial charge in [0, 0.05) is 18.7 Å². The molecule has 5 rings (SSSR count). The van der Waals surface area contributed by atoms with Gasteiger partial charge in [-0.3, -0.25) is 19.4 Å². The van der Waals surface area contributed by atoms with Gasteiger partial charge in [0.05, 0.1) is 26.3 Å². The first kappa shape index (κ1) is 41.6. The molecule has 0 saturated heterocycles. The van der Waals surface area contributed by atoms with E-state index in [2.05, 4.69) is 24.3 Å². The molecule has 56 heavy (non-hydrogen) atoms. The SMILES string of the molecule is CN(CC(=O)O)[C@H](CCO)Cc1ccc(OCc2cccc(-c3cccc(COC[C@H](Cc4ccc(OCc5ccccc5)cc4)N(C)CC(=O)O)c3)c2)cc1. The van der Waals surface area contributed by atoms with E-state index in [-0.39, 0.29) is 31.8 Å². The van der Waals surface area contributed by atoms with Gasteiger partial charge in [-0.1, -0.05) is 91.0 Å². The first-order valence-corrected chi connectivity index (χ1v) is 18.8. The molecule has 5 aromatic carbocycles. The van der Waals surface area contributed by atoms with Gasteiger partial charge in [0.15, 0.2) is 0 Å². The van der Waals surface area contributed by atoms with Crippen molar-refractivity contribution in [2.45, 2.75) is 51.2 Å². The maximum atomic E-state index is 11.6. The summed E-state index contributed by atoms with van der Waals surface area (Å²) in [5.74, 6) is -0.274. The van der Waals surface area contributed by atoms with Gasteiger partial charge in [-0.15, -0.1) is 0 Å². The van der Waals surface area contributed by atoms with Gasteiger partial charge in [0.25, 0.3) is 0 Å². The van der Waals surface area contributed by atoms with Crippen molar-refractivity contribution in [3.05, 3.63) is 155 Å². The van der Waals surface area contributed by atoms with Crippen LogP contribution in [0.25, 0.3) is 11.1 Å². The maximum absolute atomic E-state index is 11.6. The molecule has 0 heterocycles. The van der Waals surface area contributed by atoms with Gasteiger partial charge in [-0.2, -0.15) is 0 Å². The summed E-state index contributed by atoms with van der Waals surface area (Å²) >= 11 is 0. The lowest BCUT2D eigenvalue weighted by Crippen LogP contribution is -2.40. The lowest BCUT2D eigenvalue weighted by Gasteiger charge is -2.27. The highest BCUT2D eigenvalue weighted by atomic mass is 16.5. The average Bonchev–Trinajstić information content (AvgIpc) is 3.20. The van der Waals surface area contributed by atoms with Crippen LogP contribution in [0.15, 0.2) is 127 Å². The number of ether oxygens (including phenoxy) is 3. The zero-order valence-corrected chi connectivity index (χ0v) is 32.1. The first-order valence-electron chi connectivity index (χ1n) is 18.8. The minimum Gasteiger partial charge on any atom is -0.489 e. The van der Waals surface area contributed by atoms with Crippen LogP contribution in [-0.4, -0.2) is 89.5 Å². The predicted octanol–water partition coefficient (Wildman–Crippen LogP) is 6.97. The fourth-order valence-corrected chi connectivity index (χ4v) is 6.54. The number of aliphatic hydroxyl groups excluding tert-OH is 1. The van der Waals surface area contributed by atoms with Crippen LogP contribution >= 0.6 is 0 Å². The van der Waals surface area contributed by atoms with Crippen LogP contribution in [0, 0.1) is 0 Å². The molecule has 0 aliphatic heterocycles. The Bertz CT molecular complexity index is 1950. The van der Waals surface area contributed by atoms with E-state index < -0.39 is 11.9 Å². The molecule has 0 fully saturated rings. The summed E-state index contributed by atoms with van der Waals surface area (Å²) < 4.78 is 18.3. The second kappa shape index (κ2) is 21.5. The summed E-state index contributed by atoms with van der Waals surface area (Å²) in [6, 6.07) is 41.9. The molecule has 0 aliphatic rings. The molecule has 0 bridgehead atoms. The van der Waals surface area contributed by atoms with Gasteiger partial charge in [0.1, 0.15) is 24.7 Å². The van der Waals surface area contributed by atoms with E-state index in [1.165, 1.54) is 0 Å². The van der Waals surface area contributed by atoms with Crippen LogP contribution < -0.4 is 9.47 Å². The Morgan fingerprint density at radius 1 is 0.554 bits per heavy atom. The molecule has 3 N–H and O–H groups in total. The van der Waals surface area contributed by atoms with Crippen LogP contribution in [-0.2, 0) is 47.0 Å². The molecule has 10 nitrogen and oxygen atoms in total. The molecule has 0 spiro atoms. The number of aliphatic hydroxyl groups is 1. The number of aliphatic carboxylic acids is 2. The number of nitrogens with zero attached hydrogens (tertiary/aromatic N) is 2. The van der Waals surface area contributed by atoms with Crippen molar-refractivity contribution in [2.75, 3.05) is 40.4 Å². The Morgan fingerprint density at radius 2 is 1.02 bits per heavy atom. The highest BCUT2D eigenvalue weighted by Crippen LogP contribution is 2.24. The topological polar surface area (TPSA) is 129 Å². The van der Waals surface area contributed by atoms with Gasteiger partial charge in [-0.25, -0.2) is 0 Å². The Hall–Kier alpha value is -5.52. The Labute approximate surface area is 329 Å². The van der Waals surface area contributed by atoms with Crippen LogP contribution in [0.5, 0.6) is 11.5 Å². The zero-order chi connectivity index (χ0) is 39.7. The smallest absolute Gasteiger partial charge is 0.317 e. The molecule has 294 valence electrons. The average molecular weight is 761 g/mol. The fraction of sp³-hybridized carbons (Fsp3) is 0.304. The number of hydrogen-bond donors (Lipinski definition) is 3. The van der Waals surface area contributed by atoms with Gasteiger partial charge < -0.3 is 29.5 Å². The molecule has 0 aromatic heterocycles. The number of carboxylic acid groups (broad SMARTS) is 2. The number of benzene rings is 5. The van der Waals surface area contributed by atoms with E-state index in [0.717, 1.165) is 50.4 Å². The molecule has 2 atom stereocenters. The van der Waals surface area contributed by atoms with Crippen molar-refractivity contribution in [1.82, 2.24) is 9.80 Å². The lowest BCUT2D eigenvalue weighted by atomic mass is 10.0. The van der Waals surface area contributed by atoms with E-state index >= 15 is 0 Å². The molecule has 0 unspecified atom stereocenters. The van der Waals surface area contributed by atoms with Gasteiger partial charge in [-0.05, 0) is 109 Å². The Kier molecular flexibility index (Phi) is 16.0. The molecule has 0 aliphatic carbocycles. The quantitative estimate of drug-likeness (QED) is 0.0643. The predicted molar refractivity (Wildman–Crippen MR) is 217 cm³/mol. The molecule has 5 aromatic rings. The standard InChI is InChI=1S/C46H52N2O8/c1-47(28-45(50)51)41(22-23-49)26-34-14-18-44(19-15-34)56-32-38-11-7-13-40(25-38)39-12-6-10-37(24-39)30-54-33-42(48(2)29-46(52)53)27-35-16-20-43(21-17-35)55-31-36-8-4-3-5-9-36/h3-21,24-25,41-42,49H,22-23,26-33H2,1-2H3,(H,50,51)(H,52,53)/t41-,42+/m1/s1. The fourth-order valence-electron chi connectivity index (χ4n) is 6.54. The lowest BCUT2D eigenvalue weighted by molar-refractivity contribution is -0.139. The van der Waals surface area contributed by atoms with Gasteiger partial charge >= 0.3 is 11.9 Å². The molecule has 0 saturated carbocycles. The van der Waals surface area contributed by atoms with Crippen LogP contribution in [0.3, 0.4) is 0 Å². The number of rotatable bonds is 23. The third kappa shape index (κ3) is 13.6. The summed E-state index contributed by atoms with van der Waals surface area (Å²) in [4.78, 5) is 26.3. The highest BCUT2D eigenvalue weighted by Gasteiger charge is 2.19. The summed E-state index contributed by atoms with van der Waals surface area (Å²) in [5.41, 5.74) is 7.34. The van der Waals surface area contributed by atoms with Crippen molar-refractivity contribution < 1.29 is 39.1 Å². The minimum atomic E-state index is -0.895. The second-order valence-corrected chi connectivity index (χ2v) is 14.1. The third-order valence-electron chi connectivity index (χ3n) is 9.69. The number of carboxylic acids is 2. The summed E-state index contributed by atoms with van der Waals surface area (Å²) in [7, 11) is 3.57. The summed E-state index contributed by atoms with van der Waals surface area (Å²) in [6.45, 7) is 1.44. The minimum absolute atomic E-state index is 0.00887. The van der Waals surface area contributed by atoms with E-state index in [4.69, 9.17) is 19.3 Å².